The smallest absolute Gasteiger partial charge is 0.456 e. The minimum atomic E-state index is -5.53. The Morgan fingerprint density at radius 3 is 1.36 bits per heavy atom. The van der Waals surface area contributed by atoms with E-state index in [2.05, 4.69) is 13.6 Å². The lowest BCUT2D eigenvalue weighted by Gasteiger charge is -2.45. The third-order valence-corrected chi connectivity index (χ3v) is 6.68. The topological polar surface area (TPSA) is 293 Å². The maximum absolute atomic E-state index is 12.6. The van der Waals surface area contributed by atoms with Crippen molar-refractivity contribution < 1.29 is 76.4 Å². The maximum Gasteiger partial charge on any atom is 0.470 e. The van der Waals surface area contributed by atoms with Gasteiger partial charge in [0, 0.05) is 6.04 Å². The Kier molecular flexibility index (Phi) is 9.41. The Hall–Kier alpha value is -0.320. The van der Waals surface area contributed by atoms with Crippen LogP contribution in [0.3, 0.4) is 0 Å². The summed E-state index contributed by atoms with van der Waals surface area (Å²) in [5.74, 6) is -1.75. The first kappa shape index (κ1) is 28.9. The van der Waals surface area contributed by atoms with Gasteiger partial charge in [0.25, 0.3) is 0 Å². The van der Waals surface area contributed by atoms with E-state index in [-0.39, 0.29) is 18.9 Å². The number of hydrogen-bond donors (Lipinski definition) is 9. The first-order chi connectivity index (χ1) is 14.9. The number of carbonyl (C=O) groups is 1. The van der Waals surface area contributed by atoms with E-state index in [1.54, 1.807) is 0 Å². The first-order valence-electron chi connectivity index (χ1n) is 9.42. The molecule has 0 aromatic rings. The highest BCUT2D eigenvalue weighted by Gasteiger charge is 2.58. The molecule has 0 aromatic carbocycles. The molecule has 2 fully saturated rings. The predicted molar refractivity (Wildman–Crippen MR) is 103 cm³/mol. The largest absolute Gasteiger partial charge is 0.470 e. The summed E-state index contributed by atoms with van der Waals surface area (Å²) in [5, 5.41) is 21.1. The number of phosphoric ester groups is 3. The average molecular weight is 545 g/mol. The van der Waals surface area contributed by atoms with Crippen LogP contribution in [0.25, 0.3) is 0 Å². The molecule has 10 N–H and O–H groups in total. The third kappa shape index (κ3) is 8.69. The lowest BCUT2D eigenvalue weighted by Crippen LogP contribution is -2.66. The number of nitrogens with two attached hydrogens (primary N) is 1. The Balaban J connectivity index is 2.40. The van der Waals surface area contributed by atoms with Crippen molar-refractivity contribution in [2.24, 2.45) is 11.7 Å². The molecule has 2 saturated carbocycles. The normalized spacial score (nSPS) is 36.4. The monoisotopic (exact) mass is 545 g/mol. The Bertz CT molecular complexity index is 829. The van der Waals surface area contributed by atoms with E-state index < -0.39 is 72.0 Å². The van der Waals surface area contributed by atoms with Gasteiger partial charge in [-0.1, -0.05) is 0 Å². The second-order valence-corrected chi connectivity index (χ2v) is 11.3. The number of esters is 1. The van der Waals surface area contributed by atoms with Gasteiger partial charge in [0.05, 0.1) is 5.92 Å². The van der Waals surface area contributed by atoms with E-state index in [1.807, 2.05) is 0 Å². The van der Waals surface area contributed by atoms with Gasteiger partial charge in [0.1, 0.15) is 30.5 Å². The van der Waals surface area contributed by atoms with E-state index in [0.717, 1.165) is 0 Å². The standard InChI is InChI=1S/C13H26NO16P3/c14-6-3-1-5(2-4-6)13(17)27-9-7(15)11(29-32(21,22)23)12(30-33(24,25)26)8(16)10(9)28-31(18,19)20/h5-12,15-16H,1-4,14H2,(H2,18,19,20)(H2,21,22,23)(H2,24,25,26)/t5?,6?,7-,8-,9+,10-,11+,12+/m0/s1. The second kappa shape index (κ2) is 10.7. The molecule has 0 radical (unpaired) electrons. The molecule has 33 heavy (non-hydrogen) atoms. The van der Waals surface area contributed by atoms with Gasteiger partial charge in [0.2, 0.25) is 0 Å². The van der Waals surface area contributed by atoms with Crippen LogP contribution in [-0.4, -0.2) is 88.2 Å². The summed E-state index contributed by atoms with van der Waals surface area (Å²) in [4.78, 5) is 67.3. The molecule has 0 aromatic heterocycles. The molecule has 17 nitrogen and oxygen atoms in total. The van der Waals surface area contributed by atoms with Gasteiger partial charge >= 0.3 is 29.4 Å². The molecule has 2 rings (SSSR count). The summed E-state index contributed by atoms with van der Waals surface area (Å²) in [7, 11) is -16.5. The molecule has 20 heteroatoms. The zero-order valence-corrected chi connectivity index (χ0v) is 19.4. The van der Waals surface area contributed by atoms with E-state index in [4.69, 9.17) is 39.8 Å². The number of rotatable bonds is 8. The fraction of sp³-hybridized carbons (Fsp3) is 0.923. The summed E-state index contributed by atoms with van der Waals surface area (Å²) >= 11 is 0. The molecule has 0 saturated heterocycles. The molecular weight excluding hydrogens is 519 g/mol. The molecule has 2 aliphatic rings. The van der Waals surface area contributed by atoms with Gasteiger partial charge in [0.15, 0.2) is 6.10 Å². The van der Waals surface area contributed by atoms with Crippen molar-refractivity contribution in [2.45, 2.75) is 68.3 Å². The predicted octanol–water partition coefficient (Wildman–Crippen LogP) is -2.42. The van der Waals surface area contributed by atoms with Crippen molar-refractivity contribution in [3.05, 3.63) is 0 Å². The van der Waals surface area contributed by atoms with Gasteiger partial charge in [-0.3, -0.25) is 18.4 Å². The van der Waals surface area contributed by atoms with E-state index in [1.165, 1.54) is 0 Å². The summed E-state index contributed by atoms with van der Waals surface area (Å²) < 4.78 is 52.0. The second-order valence-electron chi connectivity index (χ2n) is 7.68. The van der Waals surface area contributed by atoms with Crippen LogP contribution in [-0.2, 0) is 36.8 Å². The van der Waals surface area contributed by atoms with Crippen LogP contribution < -0.4 is 5.73 Å². The Labute approximate surface area is 186 Å². The number of aliphatic hydroxyl groups is 2. The molecule has 194 valence electrons. The molecule has 0 aliphatic heterocycles. The number of carbonyl (C=O) groups excluding carboxylic acids is 1. The first-order valence-corrected chi connectivity index (χ1v) is 14.0. The summed E-state index contributed by atoms with van der Waals surface area (Å²) in [5.41, 5.74) is 5.76. The molecule has 6 atom stereocenters. The van der Waals surface area contributed by atoms with Crippen LogP contribution in [0.5, 0.6) is 0 Å². The SMILES string of the molecule is NC1CCC(C(=O)O[C@@H]2[C@H](O)[C@@H](OP(=O)(O)O)[C@H](OP(=O)(O)O)[C@@H](O)[C@@H]2OP(=O)(O)O)CC1. The van der Waals surface area contributed by atoms with Crippen molar-refractivity contribution in [3.63, 3.8) is 0 Å². The van der Waals surface area contributed by atoms with Crippen molar-refractivity contribution >= 4 is 29.4 Å². The number of hydrogen-bond acceptors (Lipinski definition) is 11. The number of ether oxygens (including phenoxy) is 1. The van der Waals surface area contributed by atoms with E-state index in [0.29, 0.717) is 12.8 Å². The maximum atomic E-state index is 12.6. The highest BCUT2D eigenvalue weighted by Crippen LogP contribution is 2.49. The lowest BCUT2D eigenvalue weighted by molar-refractivity contribution is -0.226. The summed E-state index contributed by atoms with van der Waals surface area (Å²) in [6, 6.07) is -0.159. The van der Waals surface area contributed by atoms with Crippen LogP contribution in [0.2, 0.25) is 0 Å². The molecular formula is C13H26NO16P3. The van der Waals surface area contributed by atoms with E-state index in [9.17, 15) is 28.7 Å². The highest BCUT2D eigenvalue weighted by molar-refractivity contribution is 7.46. The van der Waals surface area contributed by atoms with Gasteiger partial charge in [-0.15, -0.1) is 0 Å². The molecule has 0 bridgehead atoms. The van der Waals surface area contributed by atoms with Crippen LogP contribution in [0.1, 0.15) is 25.7 Å². The number of phosphoric acid groups is 3. The fourth-order valence-electron chi connectivity index (χ4n) is 3.72. The molecule has 2 aliphatic carbocycles. The number of aliphatic hydroxyl groups excluding tert-OH is 2. The molecule has 0 heterocycles. The van der Waals surface area contributed by atoms with Crippen LogP contribution in [0.4, 0.5) is 0 Å². The lowest BCUT2D eigenvalue weighted by atomic mass is 9.84. The Morgan fingerprint density at radius 2 is 1.00 bits per heavy atom. The van der Waals surface area contributed by atoms with Crippen LogP contribution >= 0.6 is 23.5 Å². The summed E-state index contributed by atoms with van der Waals surface area (Å²) in [6.45, 7) is 0. The minimum absolute atomic E-state index is 0.159. The summed E-state index contributed by atoms with van der Waals surface area (Å²) in [6.07, 6.45) is -13.0. The van der Waals surface area contributed by atoms with Crippen molar-refractivity contribution in [1.29, 1.82) is 0 Å². The Morgan fingerprint density at radius 1 is 0.667 bits per heavy atom. The quantitative estimate of drug-likeness (QED) is 0.113. The van der Waals surface area contributed by atoms with Crippen LogP contribution in [0.15, 0.2) is 0 Å². The van der Waals surface area contributed by atoms with E-state index >= 15 is 0 Å². The fourth-order valence-corrected chi connectivity index (χ4v) is 5.40. The zero-order chi connectivity index (χ0) is 25.4. The van der Waals surface area contributed by atoms with Gasteiger partial charge in [-0.05, 0) is 25.7 Å². The van der Waals surface area contributed by atoms with Crippen molar-refractivity contribution in [1.82, 2.24) is 0 Å². The average Bonchev–Trinajstić information content (AvgIpc) is 2.63. The molecule has 0 unspecified atom stereocenters. The minimum Gasteiger partial charge on any atom is -0.456 e. The highest BCUT2D eigenvalue weighted by atomic mass is 31.2. The van der Waals surface area contributed by atoms with Gasteiger partial charge < -0.3 is 50.0 Å². The van der Waals surface area contributed by atoms with Crippen molar-refractivity contribution in [3.8, 4) is 0 Å². The molecule has 0 spiro atoms. The van der Waals surface area contributed by atoms with Crippen LogP contribution in [0, 0.1) is 5.92 Å². The van der Waals surface area contributed by atoms with Gasteiger partial charge in [-0.2, -0.15) is 0 Å². The van der Waals surface area contributed by atoms with Gasteiger partial charge in [-0.25, -0.2) is 13.7 Å². The third-order valence-electron chi connectivity index (χ3n) is 5.13. The van der Waals surface area contributed by atoms with Crippen molar-refractivity contribution in [2.75, 3.05) is 0 Å². The zero-order valence-electron chi connectivity index (χ0n) is 16.7. The molecule has 0 amide bonds.